The third kappa shape index (κ3) is 3.77. The Hall–Kier alpha value is -4.35. The van der Waals surface area contributed by atoms with Crippen molar-refractivity contribution in [2.75, 3.05) is 23.9 Å². The number of aromatic nitrogens is 5. The summed E-state index contributed by atoms with van der Waals surface area (Å²) in [6.07, 6.45) is 0.201. The number of halogens is 2. The number of pyridine rings is 1. The summed E-state index contributed by atoms with van der Waals surface area (Å²) >= 11 is 0. The lowest BCUT2D eigenvalue weighted by Gasteiger charge is -2.09. The van der Waals surface area contributed by atoms with E-state index in [1.165, 1.54) is 23.9 Å². The Morgan fingerprint density at radius 2 is 2.00 bits per heavy atom. The molecule has 10 nitrogen and oxygen atoms in total. The zero-order valence-corrected chi connectivity index (χ0v) is 16.1. The summed E-state index contributed by atoms with van der Waals surface area (Å²) in [5.41, 5.74) is 12.4. The molecule has 5 N–H and O–H groups in total. The van der Waals surface area contributed by atoms with Crippen molar-refractivity contribution in [3.63, 3.8) is 0 Å². The van der Waals surface area contributed by atoms with Gasteiger partial charge in [-0.25, -0.2) is 33.2 Å². The van der Waals surface area contributed by atoms with Crippen LogP contribution in [0.5, 0.6) is 0 Å². The highest BCUT2D eigenvalue weighted by molar-refractivity contribution is 5.93. The smallest absolute Gasteiger partial charge is 0.412 e. The highest BCUT2D eigenvalue weighted by atomic mass is 19.1. The van der Waals surface area contributed by atoms with Gasteiger partial charge in [0.1, 0.15) is 23.0 Å². The Balaban J connectivity index is 1.87. The van der Waals surface area contributed by atoms with Crippen LogP contribution in [0.3, 0.4) is 0 Å². The van der Waals surface area contributed by atoms with Gasteiger partial charge in [0.2, 0.25) is 0 Å². The number of hydrogen-bond donors (Lipinski definition) is 3. The van der Waals surface area contributed by atoms with E-state index in [1.807, 2.05) is 0 Å². The lowest BCUT2D eigenvalue weighted by molar-refractivity contribution is 0.187. The monoisotopic (exact) mass is 426 g/mol. The second-order valence-corrected chi connectivity index (χ2v) is 6.43. The fraction of sp³-hybridized carbons (Fsp3) is 0.105. The number of benzene rings is 1. The van der Waals surface area contributed by atoms with Crippen LogP contribution in [-0.4, -0.2) is 37.9 Å². The third-order valence-corrected chi connectivity index (χ3v) is 4.42. The van der Waals surface area contributed by atoms with Crippen LogP contribution >= 0.6 is 0 Å². The molecule has 0 spiro atoms. The lowest BCUT2D eigenvalue weighted by Crippen LogP contribution is -2.16. The summed E-state index contributed by atoms with van der Waals surface area (Å²) in [6.45, 7) is 0.0273. The number of amides is 1. The SMILES string of the molecule is COC(=O)Nc1nc(-c2nn(Cc3ccccc3F)c3ncc(F)cc23)nc(N)c1N. The van der Waals surface area contributed by atoms with E-state index in [0.717, 1.165) is 6.20 Å². The van der Waals surface area contributed by atoms with Crippen molar-refractivity contribution >= 4 is 34.4 Å². The number of fused-ring (bicyclic) bond motifs is 1. The minimum absolute atomic E-state index is 0.0273. The average molecular weight is 426 g/mol. The number of anilines is 3. The van der Waals surface area contributed by atoms with Gasteiger partial charge >= 0.3 is 6.09 Å². The minimum atomic E-state index is -0.821. The van der Waals surface area contributed by atoms with Crippen LogP contribution in [0.1, 0.15) is 5.56 Å². The number of carbonyl (C=O) groups is 1. The van der Waals surface area contributed by atoms with Gasteiger partial charge in [-0.1, -0.05) is 18.2 Å². The maximum atomic E-state index is 14.1. The molecule has 0 aliphatic carbocycles. The summed E-state index contributed by atoms with van der Waals surface area (Å²) in [5, 5.41) is 7.01. The van der Waals surface area contributed by atoms with Gasteiger partial charge in [-0.2, -0.15) is 5.10 Å². The van der Waals surface area contributed by atoms with Crippen molar-refractivity contribution in [2.45, 2.75) is 6.54 Å². The summed E-state index contributed by atoms with van der Waals surface area (Å²) in [4.78, 5) is 23.9. The zero-order chi connectivity index (χ0) is 22.1. The molecule has 1 aromatic carbocycles. The molecule has 3 aromatic heterocycles. The molecular weight excluding hydrogens is 410 g/mol. The highest BCUT2D eigenvalue weighted by Gasteiger charge is 2.21. The lowest BCUT2D eigenvalue weighted by atomic mass is 10.2. The number of nitrogens with one attached hydrogen (secondary N) is 1. The first kappa shape index (κ1) is 19.9. The number of nitrogens with two attached hydrogens (primary N) is 2. The predicted octanol–water partition coefficient (Wildman–Crippen LogP) is 2.56. The Kier molecular flexibility index (Phi) is 5.03. The normalized spacial score (nSPS) is 10.9. The Morgan fingerprint density at radius 3 is 2.74 bits per heavy atom. The largest absolute Gasteiger partial charge is 0.453 e. The second-order valence-electron chi connectivity index (χ2n) is 6.43. The van der Waals surface area contributed by atoms with Crippen LogP contribution in [0, 0.1) is 11.6 Å². The first-order valence-corrected chi connectivity index (χ1v) is 8.91. The van der Waals surface area contributed by atoms with Crippen molar-refractivity contribution in [1.29, 1.82) is 0 Å². The van der Waals surface area contributed by atoms with Crippen molar-refractivity contribution in [1.82, 2.24) is 24.7 Å². The van der Waals surface area contributed by atoms with Crippen LogP contribution in [0.2, 0.25) is 0 Å². The fourth-order valence-electron chi connectivity index (χ4n) is 2.93. The molecule has 4 aromatic rings. The maximum absolute atomic E-state index is 14.1. The van der Waals surface area contributed by atoms with Gasteiger partial charge in [0.25, 0.3) is 0 Å². The molecule has 158 valence electrons. The third-order valence-electron chi connectivity index (χ3n) is 4.42. The number of nitrogen functional groups attached to an aromatic ring is 2. The fourth-order valence-corrected chi connectivity index (χ4v) is 2.93. The number of ether oxygens (including phenoxy) is 1. The predicted molar refractivity (Wildman–Crippen MR) is 109 cm³/mol. The Labute approximate surface area is 173 Å². The number of rotatable bonds is 4. The molecule has 0 aliphatic rings. The van der Waals surface area contributed by atoms with E-state index in [-0.39, 0.29) is 46.4 Å². The van der Waals surface area contributed by atoms with Gasteiger partial charge in [0.05, 0.1) is 25.2 Å². The summed E-state index contributed by atoms with van der Waals surface area (Å²) in [6, 6.07) is 7.38. The first-order valence-electron chi connectivity index (χ1n) is 8.91. The summed E-state index contributed by atoms with van der Waals surface area (Å²) in [7, 11) is 1.17. The molecular formula is C19H16F2N8O2. The Bertz CT molecular complexity index is 1310. The molecule has 12 heteroatoms. The maximum Gasteiger partial charge on any atom is 0.412 e. The van der Waals surface area contributed by atoms with E-state index >= 15 is 0 Å². The number of nitrogens with zero attached hydrogens (tertiary/aromatic N) is 5. The van der Waals surface area contributed by atoms with Gasteiger partial charge in [0.15, 0.2) is 23.1 Å². The summed E-state index contributed by atoms with van der Waals surface area (Å²) in [5.74, 6) is -1.31. The number of methoxy groups -OCH3 is 1. The van der Waals surface area contributed by atoms with Crippen molar-refractivity contribution in [3.8, 4) is 11.5 Å². The van der Waals surface area contributed by atoms with E-state index < -0.39 is 17.7 Å². The quantitative estimate of drug-likeness (QED) is 0.451. The van der Waals surface area contributed by atoms with E-state index in [1.54, 1.807) is 18.2 Å². The van der Waals surface area contributed by atoms with E-state index in [9.17, 15) is 13.6 Å². The number of carbonyl (C=O) groups excluding carboxylic acids is 1. The minimum Gasteiger partial charge on any atom is -0.453 e. The Morgan fingerprint density at radius 1 is 1.23 bits per heavy atom. The van der Waals surface area contributed by atoms with Gasteiger partial charge < -0.3 is 16.2 Å². The van der Waals surface area contributed by atoms with Gasteiger partial charge in [-0.05, 0) is 12.1 Å². The van der Waals surface area contributed by atoms with Gasteiger partial charge in [0, 0.05) is 5.56 Å². The molecule has 0 saturated carbocycles. The van der Waals surface area contributed by atoms with E-state index in [2.05, 4.69) is 30.1 Å². The topological polar surface area (TPSA) is 147 Å². The second kappa shape index (κ2) is 7.82. The molecule has 1 amide bonds. The summed E-state index contributed by atoms with van der Waals surface area (Å²) < 4.78 is 34.0. The van der Waals surface area contributed by atoms with Crippen LogP contribution in [0.4, 0.5) is 30.9 Å². The van der Waals surface area contributed by atoms with Gasteiger partial charge in [-0.3, -0.25) is 5.32 Å². The zero-order valence-electron chi connectivity index (χ0n) is 16.1. The van der Waals surface area contributed by atoms with E-state index in [4.69, 9.17) is 11.5 Å². The molecule has 4 rings (SSSR count). The molecule has 0 fully saturated rings. The first-order chi connectivity index (χ1) is 14.9. The molecule has 0 radical (unpaired) electrons. The molecule has 0 bridgehead atoms. The van der Waals surface area contributed by atoms with Crippen LogP contribution in [-0.2, 0) is 11.3 Å². The highest BCUT2D eigenvalue weighted by Crippen LogP contribution is 2.30. The molecule has 0 unspecified atom stereocenters. The molecule has 0 aliphatic heterocycles. The van der Waals surface area contributed by atoms with Crippen molar-refractivity contribution < 1.29 is 18.3 Å². The molecule has 0 atom stereocenters. The molecule has 0 saturated heterocycles. The van der Waals surface area contributed by atoms with Crippen molar-refractivity contribution in [2.24, 2.45) is 0 Å². The molecule has 3 heterocycles. The van der Waals surface area contributed by atoms with Crippen molar-refractivity contribution in [3.05, 3.63) is 53.7 Å². The molecule has 31 heavy (non-hydrogen) atoms. The number of hydrogen-bond acceptors (Lipinski definition) is 8. The van der Waals surface area contributed by atoms with Crippen LogP contribution in [0.15, 0.2) is 36.5 Å². The standard InChI is InChI=1S/C19H16F2N8O2/c1-31-19(30)27-16-13(22)15(23)25-17(26-16)14-11-6-10(20)7-24-18(11)29(28-14)8-9-4-2-3-5-12(9)21/h2-7H,8,22H2,1H3,(H3,23,25,26,27,30). The van der Waals surface area contributed by atoms with Crippen LogP contribution in [0.25, 0.3) is 22.6 Å². The van der Waals surface area contributed by atoms with Gasteiger partial charge in [-0.15, -0.1) is 0 Å². The average Bonchev–Trinajstić information content (AvgIpc) is 3.10. The van der Waals surface area contributed by atoms with E-state index in [0.29, 0.717) is 5.56 Å². The van der Waals surface area contributed by atoms with Crippen LogP contribution < -0.4 is 16.8 Å².